The number of rotatable bonds is 3. The fraction of sp³-hybridized carbons (Fsp3) is 0.600. The van der Waals surface area contributed by atoms with Gasteiger partial charge in [0.05, 0.1) is 30.1 Å². The number of terminal acetylenes is 1. The predicted octanol–water partition coefficient (Wildman–Crippen LogP) is 1.80. The summed E-state index contributed by atoms with van der Waals surface area (Å²) in [5.41, 5.74) is 0.514. The van der Waals surface area contributed by atoms with E-state index in [1.807, 2.05) is 20.8 Å². The summed E-state index contributed by atoms with van der Waals surface area (Å²) in [5, 5.41) is 9.79. The number of hydrogen-bond acceptors (Lipinski definition) is 3. The molecule has 0 saturated carbocycles. The summed E-state index contributed by atoms with van der Waals surface area (Å²) in [5.74, 6) is 2.80. The van der Waals surface area contributed by atoms with E-state index in [0.29, 0.717) is 18.9 Å². The maximum absolute atomic E-state index is 12.0. The molecule has 6 nitrogen and oxygen atoms in total. The molecule has 1 aromatic rings. The second kappa shape index (κ2) is 6.19. The first-order valence-electron chi connectivity index (χ1n) is 7.06. The summed E-state index contributed by atoms with van der Waals surface area (Å²) >= 11 is 0. The van der Waals surface area contributed by atoms with Gasteiger partial charge in [0.25, 0.3) is 0 Å². The van der Waals surface area contributed by atoms with E-state index >= 15 is 0 Å². The molecule has 21 heavy (non-hydrogen) atoms. The molecule has 1 aliphatic heterocycles. The summed E-state index contributed by atoms with van der Waals surface area (Å²) in [6, 6.07) is -0.636. The molecule has 2 amide bonds. The molecule has 0 bridgehead atoms. The third kappa shape index (κ3) is 3.99. The van der Waals surface area contributed by atoms with Crippen LogP contribution in [0.5, 0.6) is 0 Å². The highest BCUT2D eigenvalue weighted by Crippen LogP contribution is 2.17. The van der Waals surface area contributed by atoms with E-state index in [-0.39, 0.29) is 23.5 Å². The number of carbonyl (C=O) groups is 1. The van der Waals surface area contributed by atoms with Crippen LogP contribution in [0, 0.1) is 18.3 Å². The average Bonchev–Trinajstić information content (AvgIpc) is 3.05. The zero-order valence-electron chi connectivity index (χ0n) is 12.7. The van der Waals surface area contributed by atoms with Crippen molar-refractivity contribution in [1.29, 1.82) is 0 Å². The Kier molecular flexibility index (Phi) is 4.53. The molecule has 6 heteroatoms. The van der Waals surface area contributed by atoms with Gasteiger partial charge in [-0.15, -0.1) is 6.42 Å². The minimum atomic E-state index is -0.321. The molecule has 1 aromatic heterocycles. The van der Waals surface area contributed by atoms with Crippen LogP contribution in [0.2, 0.25) is 0 Å². The maximum atomic E-state index is 12.0. The fourth-order valence-corrected chi connectivity index (χ4v) is 2.17. The molecule has 0 radical (unpaired) electrons. The lowest BCUT2D eigenvalue weighted by atomic mass is 10.00. The topological polar surface area (TPSA) is 68.2 Å². The number of nitrogens with zero attached hydrogens (tertiary/aromatic N) is 2. The van der Waals surface area contributed by atoms with Crippen molar-refractivity contribution in [2.24, 2.45) is 5.92 Å². The Morgan fingerprint density at radius 3 is 2.90 bits per heavy atom. The van der Waals surface area contributed by atoms with Gasteiger partial charge in [-0.05, 0) is 27.2 Å². The number of hydrogen-bond donors (Lipinski definition) is 2. The molecule has 2 N–H and O–H groups in total. The zero-order chi connectivity index (χ0) is 15.5. The van der Waals surface area contributed by atoms with Crippen LogP contribution < -0.4 is 10.6 Å². The third-order valence-corrected chi connectivity index (χ3v) is 3.43. The summed E-state index contributed by atoms with van der Waals surface area (Å²) < 4.78 is 7.10. The Labute approximate surface area is 125 Å². The van der Waals surface area contributed by atoms with Crippen molar-refractivity contribution in [2.45, 2.75) is 38.8 Å². The van der Waals surface area contributed by atoms with Gasteiger partial charge in [-0.3, -0.25) is 4.68 Å². The summed E-state index contributed by atoms with van der Waals surface area (Å²) in [6.07, 6.45) is 9.78. The highest BCUT2D eigenvalue weighted by molar-refractivity contribution is 5.89. The smallest absolute Gasteiger partial charge is 0.320 e. The van der Waals surface area contributed by atoms with Gasteiger partial charge in [0.1, 0.15) is 0 Å². The van der Waals surface area contributed by atoms with Crippen molar-refractivity contribution in [3.63, 3.8) is 0 Å². The third-order valence-electron chi connectivity index (χ3n) is 3.43. The normalized spacial score (nSPS) is 19.8. The molecular weight excluding hydrogens is 268 g/mol. The quantitative estimate of drug-likeness (QED) is 0.834. The molecule has 0 unspecified atom stereocenters. The van der Waals surface area contributed by atoms with Crippen LogP contribution in [0.1, 0.15) is 27.2 Å². The van der Waals surface area contributed by atoms with Gasteiger partial charge in [-0.25, -0.2) is 4.79 Å². The zero-order valence-corrected chi connectivity index (χ0v) is 12.7. The molecule has 1 saturated heterocycles. The predicted molar refractivity (Wildman–Crippen MR) is 80.9 cm³/mol. The maximum Gasteiger partial charge on any atom is 0.320 e. The molecule has 2 heterocycles. The van der Waals surface area contributed by atoms with Gasteiger partial charge in [0, 0.05) is 18.7 Å². The molecule has 114 valence electrons. The van der Waals surface area contributed by atoms with E-state index < -0.39 is 0 Å². The second-order valence-electron chi connectivity index (χ2n) is 6.21. The molecule has 0 spiro atoms. The molecule has 2 rings (SSSR count). The number of nitrogens with one attached hydrogen (secondary N) is 2. The number of ether oxygens (including phenoxy) is 1. The SMILES string of the molecule is C#C[C@H](NC(=O)Nc1cnn(C(C)(C)C)c1)[C@H]1CCOC1. The molecule has 2 atom stereocenters. The monoisotopic (exact) mass is 290 g/mol. The molecule has 1 aliphatic rings. The Bertz CT molecular complexity index is 533. The van der Waals surface area contributed by atoms with E-state index in [4.69, 9.17) is 11.2 Å². The van der Waals surface area contributed by atoms with Gasteiger partial charge in [0.2, 0.25) is 0 Å². The highest BCUT2D eigenvalue weighted by Gasteiger charge is 2.25. The molecule has 0 aromatic carbocycles. The second-order valence-corrected chi connectivity index (χ2v) is 6.21. The largest absolute Gasteiger partial charge is 0.381 e. The Morgan fingerprint density at radius 2 is 2.38 bits per heavy atom. The van der Waals surface area contributed by atoms with Crippen molar-refractivity contribution in [3.05, 3.63) is 12.4 Å². The lowest BCUT2D eigenvalue weighted by Gasteiger charge is -2.19. The molecular formula is C15H22N4O2. The summed E-state index contributed by atoms with van der Waals surface area (Å²) in [6.45, 7) is 7.41. The summed E-state index contributed by atoms with van der Waals surface area (Å²) in [7, 11) is 0. The van der Waals surface area contributed by atoms with E-state index in [1.54, 1.807) is 17.1 Å². The minimum Gasteiger partial charge on any atom is -0.381 e. The highest BCUT2D eigenvalue weighted by atomic mass is 16.5. The van der Waals surface area contributed by atoms with Crippen LogP contribution in [0.3, 0.4) is 0 Å². The van der Waals surface area contributed by atoms with Crippen molar-refractivity contribution in [1.82, 2.24) is 15.1 Å². The Morgan fingerprint density at radius 1 is 1.62 bits per heavy atom. The van der Waals surface area contributed by atoms with Crippen molar-refractivity contribution in [3.8, 4) is 12.3 Å². The number of aromatic nitrogens is 2. The number of anilines is 1. The Hall–Kier alpha value is -2.00. The van der Waals surface area contributed by atoms with Gasteiger partial charge in [0.15, 0.2) is 0 Å². The first-order valence-corrected chi connectivity index (χ1v) is 7.06. The van der Waals surface area contributed by atoms with Crippen molar-refractivity contribution >= 4 is 11.7 Å². The average molecular weight is 290 g/mol. The van der Waals surface area contributed by atoms with Gasteiger partial charge >= 0.3 is 6.03 Å². The lowest BCUT2D eigenvalue weighted by Crippen LogP contribution is -2.41. The van der Waals surface area contributed by atoms with Crippen LogP contribution in [-0.4, -0.2) is 35.1 Å². The first kappa shape index (κ1) is 15.4. The van der Waals surface area contributed by atoms with Gasteiger partial charge in [-0.1, -0.05) is 5.92 Å². The molecule has 1 fully saturated rings. The van der Waals surface area contributed by atoms with E-state index in [0.717, 1.165) is 6.42 Å². The van der Waals surface area contributed by atoms with Crippen LogP contribution in [0.4, 0.5) is 10.5 Å². The Balaban J connectivity index is 1.92. The first-order chi connectivity index (χ1) is 9.90. The van der Waals surface area contributed by atoms with E-state index in [1.165, 1.54) is 0 Å². The van der Waals surface area contributed by atoms with Gasteiger partial charge < -0.3 is 15.4 Å². The standard InChI is InChI=1S/C15H22N4O2/c1-5-13(11-6-7-21-10-11)18-14(20)17-12-8-16-19(9-12)15(2,3)4/h1,8-9,11,13H,6-7,10H2,2-4H3,(H2,17,18,20)/t11-,13-/m0/s1. The summed E-state index contributed by atoms with van der Waals surface area (Å²) in [4.78, 5) is 12.0. The van der Waals surface area contributed by atoms with E-state index in [2.05, 4.69) is 21.7 Å². The van der Waals surface area contributed by atoms with Crippen molar-refractivity contribution < 1.29 is 9.53 Å². The van der Waals surface area contributed by atoms with Crippen LogP contribution in [0.15, 0.2) is 12.4 Å². The number of urea groups is 1. The fourth-order valence-electron chi connectivity index (χ4n) is 2.17. The van der Waals surface area contributed by atoms with E-state index in [9.17, 15) is 4.79 Å². The van der Waals surface area contributed by atoms with Crippen LogP contribution >= 0.6 is 0 Å². The van der Waals surface area contributed by atoms with Crippen molar-refractivity contribution in [2.75, 3.05) is 18.5 Å². The minimum absolute atomic E-state index is 0.126. The molecule has 0 aliphatic carbocycles. The van der Waals surface area contributed by atoms with Crippen LogP contribution in [-0.2, 0) is 10.3 Å². The number of carbonyl (C=O) groups excluding carboxylic acids is 1. The van der Waals surface area contributed by atoms with Gasteiger partial charge in [-0.2, -0.15) is 5.10 Å². The lowest BCUT2D eigenvalue weighted by molar-refractivity contribution is 0.181. The van der Waals surface area contributed by atoms with Crippen LogP contribution in [0.25, 0.3) is 0 Å². The number of amides is 2.